The minimum Gasteiger partial charge on any atom is -0.375 e. The lowest BCUT2D eigenvalue weighted by atomic mass is 10.0. The molecule has 2 rings (SSSR count). The van der Waals surface area contributed by atoms with Gasteiger partial charge in [0, 0.05) is 16.8 Å². The van der Waals surface area contributed by atoms with Crippen molar-refractivity contribution in [2.75, 3.05) is 6.61 Å². The number of hydrogen-bond acceptors (Lipinski definition) is 1. The smallest absolute Gasteiger partial charge is 0.123 e. The van der Waals surface area contributed by atoms with Crippen LogP contribution in [0.5, 0.6) is 0 Å². The van der Waals surface area contributed by atoms with Crippen molar-refractivity contribution in [3.63, 3.8) is 0 Å². The SMILES string of the molecule is Fc1ccc(C2([SiH3])CCCCO2)cc1. The first-order valence-electron chi connectivity index (χ1n) is 5.11. The first kappa shape index (κ1) is 9.87. The maximum atomic E-state index is 12.7. The number of hydrogen-bond donors (Lipinski definition) is 0. The second-order valence-corrected chi connectivity index (χ2v) is 5.66. The van der Waals surface area contributed by atoms with Crippen molar-refractivity contribution < 1.29 is 9.13 Å². The predicted molar refractivity (Wildman–Crippen MR) is 57.8 cm³/mol. The van der Waals surface area contributed by atoms with Gasteiger partial charge in [-0.3, -0.25) is 0 Å². The molecule has 1 aliphatic rings. The van der Waals surface area contributed by atoms with Crippen LogP contribution < -0.4 is 0 Å². The molecular formula is C11H15FOSi. The monoisotopic (exact) mass is 210 g/mol. The van der Waals surface area contributed by atoms with Crippen molar-refractivity contribution in [3.05, 3.63) is 35.6 Å². The largest absolute Gasteiger partial charge is 0.375 e. The van der Waals surface area contributed by atoms with Crippen molar-refractivity contribution >= 4 is 10.2 Å². The van der Waals surface area contributed by atoms with Gasteiger partial charge in [0.1, 0.15) is 5.82 Å². The highest BCUT2D eigenvalue weighted by molar-refractivity contribution is 6.14. The minimum atomic E-state index is -0.171. The molecule has 1 fully saturated rings. The van der Waals surface area contributed by atoms with Gasteiger partial charge in [-0.1, -0.05) is 12.1 Å². The average molecular weight is 210 g/mol. The van der Waals surface area contributed by atoms with Gasteiger partial charge < -0.3 is 4.74 Å². The van der Waals surface area contributed by atoms with Crippen molar-refractivity contribution in [1.82, 2.24) is 0 Å². The quantitative estimate of drug-likeness (QED) is 0.639. The number of benzene rings is 1. The van der Waals surface area contributed by atoms with Gasteiger partial charge in [-0.15, -0.1) is 0 Å². The van der Waals surface area contributed by atoms with Crippen LogP contribution in [0.3, 0.4) is 0 Å². The summed E-state index contributed by atoms with van der Waals surface area (Å²) in [6.07, 6.45) is 3.47. The van der Waals surface area contributed by atoms with E-state index in [0.717, 1.165) is 35.3 Å². The Balaban J connectivity index is 2.23. The molecule has 1 nitrogen and oxygen atoms in total. The average Bonchev–Trinajstić information content (AvgIpc) is 2.19. The zero-order valence-corrected chi connectivity index (χ0v) is 10.4. The molecule has 14 heavy (non-hydrogen) atoms. The predicted octanol–water partition coefficient (Wildman–Crippen LogP) is 1.54. The second kappa shape index (κ2) is 3.83. The van der Waals surface area contributed by atoms with E-state index in [9.17, 15) is 4.39 Å². The van der Waals surface area contributed by atoms with E-state index in [1.54, 1.807) is 0 Å². The van der Waals surface area contributed by atoms with Gasteiger partial charge >= 0.3 is 0 Å². The van der Waals surface area contributed by atoms with Crippen molar-refractivity contribution in [1.29, 1.82) is 0 Å². The fourth-order valence-electron chi connectivity index (χ4n) is 1.96. The zero-order valence-electron chi connectivity index (χ0n) is 8.42. The van der Waals surface area contributed by atoms with E-state index in [0.29, 0.717) is 0 Å². The van der Waals surface area contributed by atoms with Crippen molar-refractivity contribution in [3.8, 4) is 0 Å². The molecule has 0 aromatic heterocycles. The number of halogens is 1. The van der Waals surface area contributed by atoms with Gasteiger partial charge in [0.15, 0.2) is 0 Å². The van der Waals surface area contributed by atoms with Gasteiger partial charge in [0.25, 0.3) is 0 Å². The Bertz CT molecular complexity index is 304. The highest BCUT2D eigenvalue weighted by Gasteiger charge is 2.29. The highest BCUT2D eigenvalue weighted by Crippen LogP contribution is 2.31. The van der Waals surface area contributed by atoms with Crippen LogP contribution in [0.15, 0.2) is 24.3 Å². The Morgan fingerprint density at radius 2 is 1.93 bits per heavy atom. The molecule has 1 aromatic rings. The Morgan fingerprint density at radius 3 is 2.50 bits per heavy atom. The van der Waals surface area contributed by atoms with Crippen LogP contribution in [0.2, 0.25) is 0 Å². The van der Waals surface area contributed by atoms with Crippen LogP contribution in [0.4, 0.5) is 4.39 Å². The summed E-state index contributed by atoms with van der Waals surface area (Å²) in [5.74, 6) is -0.171. The topological polar surface area (TPSA) is 9.23 Å². The van der Waals surface area contributed by atoms with E-state index in [-0.39, 0.29) is 11.0 Å². The fourth-order valence-corrected chi connectivity index (χ4v) is 2.86. The van der Waals surface area contributed by atoms with E-state index < -0.39 is 0 Å². The van der Waals surface area contributed by atoms with Crippen molar-refractivity contribution in [2.24, 2.45) is 0 Å². The van der Waals surface area contributed by atoms with Crippen LogP contribution >= 0.6 is 0 Å². The Kier molecular flexibility index (Phi) is 2.70. The zero-order chi connectivity index (χ0) is 10.0. The van der Waals surface area contributed by atoms with Gasteiger partial charge in [-0.05, 0) is 37.0 Å². The summed E-state index contributed by atoms with van der Waals surface area (Å²) in [6, 6.07) is 6.75. The van der Waals surface area contributed by atoms with Gasteiger partial charge in [-0.2, -0.15) is 0 Å². The third-order valence-corrected chi connectivity index (χ3v) is 4.29. The molecule has 1 saturated heterocycles. The number of rotatable bonds is 1. The third kappa shape index (κ3) is 1.88. The Hall–Kier alpha value is -0.673. The van der Waals surface area contributed by atoms with Crippen LogP contribution in [0.1, 0.15) is 24.8 Å². The van der Waals surface area contributed by atoms with Crippen LogP contribution in [0, 0.1) is 5.82 Å². The molecule has 0 amide bonds. The first-order chi connectivity index (χ1) is 6.71. The summed E-state index contributed by atoms with van der Waals surface area (Å²) in [5.41, 5.74) is 1.14. The standard InChI is InChI=1S/C11H15FOSi/c12-10-5-3-9(4-6-10)11(14)7-1-2-8-13-11/h3-6H,1-2,7-8H2,14H3. The van der Waals surface area contributed by atoms with E-state index in [4.69, 9.17) is 4.74 Å². The summed E-state index contributed by atoms with van der Waals surface area (Å²) >= 11 is 0. The fraction of sp³-hybridized carbons (Fsp3) is 0.455. The molecule has 76 valence electrons. The lowest BCUT2D eigenvalue weighted by Crippen LogP contribution is -2.33. The van der Waals surface area contributed by atoms with E-state index in [2.05, 4.69) is 0 Å². The van der Waals surface area contributed by atoms with Crippen molar-refractivity contribution in [2.45, 2.75) is 24.5 Å². The molecule has 0 spiro atoms. The van der Waals surface area contributed by atoms with E-state index in [1.807, 2.05) is 12.1 Å². The first-order valence-corrected chi connectivity index (χ1v) is 6.11. The normalized spacial score (nSPS) is 27.8. The maximum absolute atomic E-state index is 12.7. The molecule has 1 aliphatic heterocycles. The summed E-state index contributed by atoms with van der Waals surface area (Å²) in [5, 5.41) is -0.0635. The van der Waals surface area contributed by atoms with Crippen LogP contribution in [-0.2, 0) is 9.96 Å². The van der Waals surface area contributed by atoms with Gasteiger partial charge in [-0.25, -0.2) is 4.39 Å². The Labute approximate surface area is 86.7 Å². The molecule has 1 unspecified atom stereocenters. The highest BCUT2D eigenvalue weighted by atomic mass is 28.1. The maximum Gasteiger partial charge on any atom is 0.123 e. The molecule has 1 heterocycles. The number of ether oxygens (including phenoxy) is 1. The molecule has 3 heteroatoms. The summed E-state index contributed by atoms with van der Waals surface area (Å²) < 4.78 is 18.6. The Morgan fingerprint density at radius 1 is 1.21 bits per heavy atom. The van der Waals surface area contributed by atoms with Crippen LogP contribution in [-0.4, -0.2) is 16.8 Å². The molecule has 1 aromatic carbocycles. The molecule has 0 saturated carbocycles. The molecule has 0 aliphatic carbocycles. The van der Waals surface area contributed by atoms with Gasteiger partial charge in [0.05, 0.1) is 5.22 Å². The molecule has 0 bridgehead atoms. The molecule has 0 radical (unpaired) electrons. The lowest BCUT2D eigenvalue weighted by Gasteiger charge is -2.34. The van der Waals surface area contributed by atoms with E-state index in [1.165, 1.54) is 18.6 Å². The molecule has 1 atom stereocenters. The third-order valence-electron chi connectivity index (χ3n) is 2.92. The minimum absolute atomic E-state index is 0.0635. The lowest BCUT2D eigenvalue weighted by molar-refractivity contribution is -0.0210. The summed E-state index contributed by atoms with van der Waals surface area (Å²) in [4.78, 5) is 0. The van der Waals surface area contributed by atoms with E-state index >= 15 is 0 Å². The molecule has 0 N–H and O–H groups in total. The van der Waals surface area contributed by atoms with Gasteiger partial charge in [0.2, 0.25) is 0 Å². The summed E-state index contributed by atoms with van der Waals surface area (Å²) in [6.45, 7) is 0.848. The molecular weight excluding hydrogens is 195 g/mol. The van der Waals surface area contributed by atoms with Crippen LogP contribution in [0.25, 0.3) is 0 Å². The second-order valence-electron chi connectivity index (χ2n) is 4.04. The summed E-state index contributed by atoms with van der Waals surface area (Å²) in [7, 11) is 0.971.